The Kier molecular flexibility index (Phi) is 4.43. The SMILES string of the molecule is CCC(O)COc1ccccc1CN. The molecule has 0 fully saturated rings. The maximum Gasteiger partial charge on any atom is 0.123 e. The summed E-state index contributed by atoms with van der Waals surface area (Å²) in [7, 11) is 0. The lowest BCUT2D eigenvalue weighted by Crippen LogP contribution is -2.16. The van der Waals surface area contributed by atoms with Gasteiger partial charge in [0.15, 0.2) is 0 Å². The lowest BCUT2D eigenvalue weighted by atomic mass is 10.2. The first-order valence-corrected chi connectivity index (χ1v) is 4.86. The van der Waals surface area contributed by atoms with Crippen molar-refractivity contribution in [2.45, 2.75) is 26.0 Å². The van der Waals surface area contributed by atoms with E-state index in [1.165, 1.54) is 0 Å². The molecule has 78 valence electrons. The van der Waals surface area contributed by atoms with E-state index in [9.17, 15) is 5.11 Å². The van der Waals surface area contributed by atoms with Crippen LogP contribution < -0.4 is 10.5 Å². The highest BCUT2D eigenvalue weighted by Gasteiger charge is 2.04. The van der Waals surface area contributed by atoms with E-state index in [1.54, 1.807) is 0 Å². The van der Waals surface area contributed by atoms with Gasteiger partial charge >= 0.3 is 0 Å². The molecule has 3 heteroatoms. The monoisotopic (exact) mass is 195 g/mol. The molecule has 0 aliphatic rings. The van der Waals surface area contributed by atoms with Gasteiger partial charge in [0.2, 0.25) is 0 Å². The molecule has 0 spiro atoms. The smallest absolute Gasteiger partial charge is 0.123 e. The molecule has 1 unspecified atom stereocenters. The van der Waals surface area contributed by atoms with E-state index >= 15 is 0 Å². The molecular formula is C11H17NO2. The second-order valence-electron chi connectivity index (χ2n) is 3.18. The number of aliphatic hydroxyl groups is 1. The number of para-hydroxylation sites is 1. The summed E-state index contributed by atoms with van der Waals surface area (Å²) in [4.78, 5) is 0. The molecule has 1 aromatic rings. The average Bonchev–Trinajstić information content (AvgIpc) is 2.26. The van der Waals surface area contributed by atoms with Gasteiger partial charge < -0.3 is 15.6 Å². The second kappa shape index (κ2) is 5.62. The Hall–Kier alpha value is -1.06. The Balaban J connectivity index is 2.57. The standard InChI is InChI=1S/C11H17NO2/c1-2-10(13)8-14-11-6-4-3-5-9(11)7-12/h3-6,10,13H,2,7-8,12H2,1H3. The van der Waals surface area contributed by atoms with Crippen molar-refractivity contribution in [3.8, 4) is 5.75 Å². The van der Waals surface area contributed by atoms with Gasteiger partial charge in [-0.05, 0) is 12.5 Å². The highest BCUT2D eigenvalue weighted by Crippen LogP contribution is 2.17. The van der Waals surface area contributed by atoms with Crippen LogP contribution in [0.25, 0.3) is 0 Å². The summed E-state index contributed by atoms with van der Waals surface area (Å²) in [5.41, 5.74) is 6.52. The highest BCUT2D eigenvalue weighted by molar-refractivity contribution is 5.32. The van der Waals surface area contributed by atoms with Crippen LogP contribution in [0, 0.1) is 0 Å². The van der Waals surface area contributed by atoms with Gasteiger partial charge in [0, 0.05) is 12.1 Å². The van der Waals surface area contributed by atoms with Gasteiger partial charge in [-0.3, -0.25) is 0 Å². The fourth-order valence-electron chi connectivity index (χ4n) is 1.12. The van der Waals surface area contributed by atoms with E-state index in [-0.39, 0.29) is 0 Å². The summed E-state index contributed by atoms with van der Waals surface area (Å²) in [6, 6.07) is 7.61. The van der Waals surface area contributed by atoms with Gasteiger partial charge in [-0.25, -0.2) is 0 Å². The molecule has 0 bridgehead atoms. The first-order chi connectivity index (χ1) is 6.77. The zero-order valence-corrected chi connectivity index (χ0v) is 8.44. The zero-order chi connectivity index (χ0) is 10.4. The molecule has 0 saturated heterocycles. The normalized spacial score (nSPS) is 12.5. The van der Waals surface area contributed by atoms with Crippen LogP contribution in [0.1, 0.15) is 18.9 Å². The van der Waals surface area contributed by atoms with Crippen molar-refractivity contribution in [1.82, 2.24) is 0 Å². The van der Waals surface area contributed by atoms with Crippen molar-refractivity contribution in [3.05, 3.63) is 29.8 Å². The van der Waals surface area contributed by atoms with Crippen molar-refractivity contribution in [3.63, 3.8) is 0 Å². The van der Waals surface area contributed by atoms with E-state index in [1.807, 2.05) is 31.2 Å². The number of aliphatic hydroxyl groups excluding tert-OH is 1. The first-order valence-electron chi connectivity index (χ1n) is 4.86. The molecule has 0 saturated carbocycles. The highest BCUT2D eigenvalue weighted by atomic mass is 16.5. The Bertz CT molecular complexity index is 276. The maximum atomic E-state index is 9.33. The van der Waals surface area contributed by atoms with E-state index in [0.29, 0.717) is 19.6 Å². The minimum atomic E-state index is -0.402. The number of hydrogen-bond acceptors (Lipinski definition) is 3. The van der Waals surface area contributed by atoms with Gasteiger partial charge in [-0.2, -0.15) is 0 Å². The fourth-order valence-corrected chi connectivity index (χ4v) is 1.12. The van der Waals surface area contributed by atoms with Gasteiger partial charge in [0.25, 0.3) is 0 Å². The van der Waals surface area contributed by atoms with Crippen LogP contribution in [0.5, 0.6) is 5.75 Å². The predicted octanol–water partition coefficient (Wildman–Crippen LogP) is 1.29. The van der Waals surface area contributed by atoms with E-state index in [4.69, 9.17) is 10.5 Å². The Morgan fingerprint density at radius 3 is 2.79 bits per heavy atom. The summed E-state index contributed by atoms with van der Waals surface area (Å²) in [5, 5.41) is 9.33. The zero-order valence-electron chi connectivity index (χ0n) is 8.44. The van der Waals surface area contributed by atoms with E-state index in [0.717, 1.165) is 11.3 Å². The first kappa shape index (κ1) is 11.0. The molecule has 0 heterocycles. The summed E-state index contributed by atoms with van der Waals surface area (Å²) in [6.45, 7) is 2.70. The van der Waals surface area contributed by atoms with Gasteiger partial charge in [0.1, 0.15) is 12.4 Å². The Labute approximate surface area is 84.5 Å². The fraction of sp³-hybridized carbons (Fsp3) is 0.455. The quantitative estimate of drug-likeness (QED) is 0.744. The maximum absolute atomic E-state index is 9.33. The van der Waals surface area contributed by atoms with Crippen molar-refractivity contribution in [2.24, 2.45) is 5.73 Å². The number of rotatable bonds is 5. The Morgan fingerprint density at radius 1 is 1.43 bits per heavy atom. The van der Waals surface area contributed by atoms with E-state index < -0.39 is 6.10 Å². The van der Waals surface area contributed by atoms with Crippen molar-refractivity contribution >= 4 is 0 Å². The molecule has 0 amide bonds. The average molecular weight is 195 g/mol. The minimum Gasteiger partial charge on any atom is -0.491 e. The lowest BCUT2D eigenvalue weighted by molar-refractivity contribution is 0.104. The topological polar surface area (TPSA) is 55.5 Å². The number of nitrogens with two attached hydrogens (primary N) is 1. The van der Waals surface area contributed by atoms with Gasteiger partial charge in [0.05, 0.1) is 6.10 Å². The summed E-state index contributed by atoms with van der Waals surface area (Å²) >= 11 is 0. The molecule has 3 N–H and O–H groups in total. The van der Waals surface area contributed by atoms with Crippen molar-refractivity contribution < 1.29 is 9.84 Å². The number of ether oxygens (including phenoxy) is 1. The van der Waals surface area contributed by atoms with Crippen LogP contribution in [0.15, 0.2) is 24.3 Å². The van der Waals surface area contributed by atoms with Crippen LogP contribution in [0.4, 0.5) is 0 Å². The summed E-state index contributed by atoms with van der Waals surface area (Å²) in [5.74, 6) is 0.766. The number of benzene rings is 1. The largest absolute Gasteiger partial charge is 0.491 e. The third-order valence-corrected chi connectivity index (χ3v) is 2.09. The summed E-state index contributed by atoms with van der Waals surface area (Å²) in [6.07, 6.45) is 0.297. The van der Waals surface area contributed by atoms with Crippen LogP contribution in [0.3, 0.4) is 0 Å². The Morgan fingerprint density at radius 2 is 2.14 bits per heavy atom. The third-order valence-electron chi connectivity index (χ3n) is 2.09. The molecule has 1 atom stereocenters. The molecule has 3 nitrogen and oxygen atoms in total. The van der Waals surface area contributed by atoms with Crippen LogP contribution in [0.2, 0.25) is 0 Å². The molecule has 1 rings (SSSR count). The molecule has 1 aromatic carbocycles. The predicted molar refractivity (Wildman–Crippen MR) is 56.1 cm³/mol. The second-order valence-corrected chi connectivity index (χ2v) is 3.18. The lowest BCUT2D eigenvalue weighted by Gasteiger charge is -2.12. The molecule has 0 radical (unpaired) electrons. The molecule has 14 heavy (non-hydrogen) atoms. The summed E-state index contributed by atoms with van der Waals surface area (Å²) < 4.78 is 5.45. The van der Waals surface area contributed by atoms with Crippen molar-refractivity contribution in [1.29, 1.82) is 0 Å². The number of hydrogen-bond donors (Lipinski definition) is 2. The van der Waals surface area contributed by atoms with Gasteiger partial charge in [-0.1, -0.05) is 25.1 Å². The van der Waals surface area contributed by atoms with Crippen LogP contribution in [-0.2, 0) is 6.54 Å². The molecule has 0 aromatic heterocycles. The molecular weight excluding hydrogens is 178 g/mol. The van der Waals surface area contributed by atoms with Crippen LogP contribution in [-0.4, -0.2) is 17.8 Å². The third kappa shape index (κ3) is 3.01. The van der Waals surface area contributed by atoms with Crippen molar-refractivity contribution in [2.75, 3.05) is 6.61 Å². The molecule has 0 aliphatic heterocycles. The van der Waals surface area contributed by atoms with E-state index in [2.05, 4.69) is 0 Å². The van der Waals surface area contributed by atoms with Gasteiger partial charge in [-0.15, -0.1) is 0 Å². The minimum absolute atomic E-state index is 0.327. The molecule has 0 aliphatic carbocycles. The van der Waals surface area contributed by atoms with Crippen LogP contribution >= 0.6 is 0 Å².